The number of carboxylic acid groups (broad SMARTS) is 1. The number of nitrogens with one attached hydrogen (secondary N) is 1. The van der Waals surface area contributed by atoms with Crippen LogP contribution in [0.25, 0.3) is 0 Å². The molecule has 0 aromatic rings. The predicted molar refractivity (Wildman–Crippen MR) is 65.3 cm³/mol. The second-order valence-corrected chi connectivity index (χ2v) is 5.97. The van der Waals surface area contributed by atoms with Gasteiger partial charge in [-0.1, -0.05) is 19.8 Å². The summed E-state index contributed by atoms with van der Waals surface area (Å²) in [5, 5.41) is 11.8. The summed E-state index contributed by atoms with van der Waals surface area (Å²) in [7, 11) is -2.47. The molecule has 6 nitrogen and oxygen atoms in total. The Morgan fingerprint density at radius 3 is 2.59 bits per heavy atom. The van der Waals surface area contributed by atoms with E-state index >= 15 is 0 Å². The van der Waals surface area contributed by atoms with Gasteiger partial charge in [-0.2, -0.15) is 0 Å². The fourth-order valence-corrected chi connectivity index (χ4v) is 2.11. The minimum atomic E-state index is -3.62. The van der Waals surface area contributed by atoms with Crippen LogP contribution in [0, 0.1) is 0 Å². The van der Waals surface area contributed by atoms with E-state index in [4.69, 9.17) is 5.11 Å². The van der Waals surface area contributed by atoms with Crippen molar-refractivity contribution in [3.63, 3.8) is 0 Å². The average molecular weight is 267 g/mol. The van der Waals surface area contributed by atoms with Gasteiger partial charge < -0.3 is 19.8 Å². The van der Waals surface area contributed by atoms with Crippen molar-refractivity contribution in [3.8, 4) is 0 Å². The standard InChI is InChI=1S/C10H22NO5P/c1-3-4-5-7-11-9(10(12)13)6-8-17(14,15)16-2/h9,11H,3-8H2,1-2H3,(H,12,13)(H,14,15). The van der Waals surface area contributed by atoms with Crippen molar-refractivity contribution in [2.45, 2.75) is 38.6 Å². The lowest BCUT2D eigenvalue weighted by Gasteiger charge is -2.15. The molecule has 0 saturated carbocycles. The fourth-order valence-electron chi connectivity index (χ4n) is 1.35. The van der Waals surface area contributed by atoms with Crippen molar-refractivity contribution in [1.29, 1.82) is 0 Å². The molecule has 0 aromatic carbocycles. The summed E-state index contributed by atoms with van der Waals surface area (Å²) >= 11 is 0. The van der Waals surface area contributed by atoms with Crippen LogP contribution in [0.4, 0.5) is 0 Å². The fraction of sp³-hybridized carbons (Fsp3) is 0.900. The Morgan fingerprint density at radius 2 is 2.12 bits per heavy atom. The third-order valence-corrected chi connectivity index (χ3v) is 3.85. The number of hydrogen-bond donors (Lipinski definition) is 3. The monoisotopic (exact) mass is 267 g/mol. The van der Waals surface area contributed by atoms with Gasteiger partial charge in [0, 0.05) is 7.11 Å². The van der Waals surface area contributed by atoms with Crippen LogP contribution in [0.3, 0.4) is 0 Å². The van der Waals surface area contributed by atoms with Crippen LogP contribution in [-0.4, -0.2) is 41.8 Å². The van der Waals surface area contributed by atoms with E-state index in [1.165, 1.54) is 0 Å². The smallest absolute Gasteiger partial charge is 0.327 e. The molecule has 0 aliphatic rings. The lowest BCUT2D eigenvalue weighted by Crippen LogP contribution is -2.38. The molecule has 0 amide bonds. The van der Waals surface area contributed by atoms with Crippen molar-refractivity contribution in [1.82, 2.24) is 5.32 Å². The molecule has 7 heteroatoms. The van der Waals surface area contributed by atoms with Gasteiger partial charge in [-0.05, 0) is 19.4 Å². The molecule has 0 heterocycles. The lowest BCUT2D eigenvalue weighted by molar-refractivity contribution is -0.139. The molecule has 2 unspecified atom stereocenters. The predicted octanol–water partition coefficient (Wildman–Crippen LogP) is 1.44. The summed E-state index contributed by atoms with van der Waals surface area (Å²) < 4.78 is 15.6. The molecular formula is C10H22NO5P. The molecule has 3 N–H and O–H groups in total. The molecule has 0 radical (unpaired) electrons. The van der Waals surface area contributed by atoms with Gasteiger partial charge in [-0.15, -0.1) is 0 Å². The SMILES string of the molecule is CCCCCNC(CCP(=O)(O)OC)C(=O)O. The average Bonchev–Trinajstić information content (AvgIpc) is 2.27. The topological polar surface area (TPSA) is 95.9 Å². The molecule has 0 bridgehead atoms. The normalized spacial score (nSPS) is 16.4. The van der Waals surface area contributed by atoms with Gasteiger partial charge >= 0.3 is 13.6 Å². The van der Waals surface area contributed by atoms with Crippen molar-refractivity contribution in [3.05, 3.63) is 0 Å². The van der Waals surface area contributed by atoms with Gasteiger partial charge in [-0.25, -0.2) is 0 Å². The summed E-state index contributed by atoms with van der Waals surface area (Å²) in [6.45, 7) is 2.67. The molecule has 17 heavy (non-hydrogen) atoms. The summed E-state index contributed by atoms with van der Waals surface area (Å²) in [5.41, 5.74) is 0. The van der Waals surface area contributed by atoms with Crippen LogP contribution in [0.1, 0.15) is 32.6 Å². The molecule has 0 fully saturated rings. The van der Waals surface area contributed by atoms with Crippen LogP contribution in [0.5, 0.6) is 0 Å². The first kappa shape index (κ1) is 16.6. The number of carbonyl (C=O) groups is 1. The highest BCUT2D eigenvalue weighted by atomic mass is 31.2. The Morgan fingerprint density at radius 1 is 1.47 bits per heavy atom. The lowest BCUT2D eigenvalue weighted by atomic mass is 10.2. The summed E-state index contributed by atoms with van der Waals surface area (Å²) in [5.74, 6) is -1.00. The van der Waals surface area contributed by atoms with E-state index in [2.05, 4.69) is 16.8 Å². The van der Waals surface area contributed by atoms with Gasteiger partial charge in [0.05, 0.1) is 6.16 Å². The first-order chi connectivity index (χ1) is 7.93. The molecule has 2 atom stereocenters. The molecular weight excluding hydrogens is 245 g/mol. The van der Waals surface area contributed by atoms with Crippen molar-refractivity contribution >= 4 is 13.6 Å². The van der Waals surface area contributed by atoms with Crippen LogP contribution in [-0.2, 0) is 13.9 Å². The van der Waals surface area contributed by atoms with Crippen molar-refractivity contribution < 1.29 is 23.9 Å². The van der Waals surface area contributed by atoms with E-state index in [-0.39, 0.29) is 12.6 Å². The number of carboxylic acids is 1. The Kier molecular flexibility index (Phi) is 8.43. The van der Waals surface area contributed by atoms with Crippen LogP contribution in [0.2, 0.25) is 0 Å². The summed E-state index contributed by atoms with van der Waals surface area (Å²) in [4.78, 5) is 20.1. The number of unbranched alkanes of at least 4 members (excludes halogenated alkanes) is 2. The Labute approximate surface area is 102 Å². The largest absolute Gasteiger partial charge is 0.480 e. The Balaban J connectivity index is 3.99. The molecule has 0 aromatic heterocycles. The summed E-state index contributed by atoms with van der Waals surface area (Å²) in [6, 6.07) is -0.789. The minimum absolute atomic E-state index is 0.0864. The van der Waals surface area contributed by atoms with Crippen LogP contribution < -0.4 is 5.32 Å². The molecule has 102 valence electrons. The van der Waals surface area contributed by atoms with E-state index < -0.39 is 19.6 Å². The minimum Gasteiger partial charge on any atom is -0.480 e. The summed E-state index contributed by atoms with van der Waals surface area (Å²) in [6.07, 6.45) is 2.94. The molecule has 0 aliphatic heterocycles. The van der Waals surface area contributed by atoms with Gasteiger partial charge in [0.1, 0.15) is 6.04 Å². The molecule has 0 aliphatic carbocycles. The number of aliphatic carboxylic acids is 1. The highest BCUT2D eigenvalue weighted by molar-refractivity contribution is 7.52. The Hall–Kier alpha value is -0.420. The van der Waals surface area contributed by atoms with Crippen molar-refractivity contribution in [2.75, 3.05) is 19.8 Å². The molecule has 0 rings (SSSR count). The number of hydrogen-bond acceptors (Lipinski definition) is 4. The maximum atomic E-state index is 11.2. The van der Waals surface area contributed by atoms with E-state index in [0.717, 1.165) is 26.4 Å². The van der Waals surface area contributed by atoms with E-state index in [9.17, 15) is 14.3 Å². The quantitative estimate of drug-likeness (QED) is 0.409. The zero-order chi connectivity index (χ0) is 13.3. The Bertz CT molecular complexity index is 271. The van der Waals surface area contributed by atoms with Crippen LogP contribution >= 0.6 is 7.60 Å². The van der Waals surface area contributed by atoms with Gasteiger partial charge in [0.25, 0.3) is 0 Å². The molecule has 0 spiro atoms. The first-order valence-electron chi connectivity index (χ1n) is 5.76. The third-order valence-electron chi connectivity index (χ3n) is 2.45. The first-order valence-corrected chi connectivity index (χ1v) is 7.53. The zero-order valence-corrected chi connectivity index (χ0v) is 11.3. The second-order valence-electron chi connectivity index (χ2n) is 3.88. The molecule has 0 saturated heterocycles. The second kappa shape index (κ2) is 8.64. The van der Waals surface area contributed by atoms with Crippen molar-refractivity contribution in [2.24, 2.45) is 0 Å². The maximum absolute atomic E-state index is 11.2. The van der Waals surface area contributed by atoms with E-state index in [1.54, 1.807) is 0 Å². The van der Waals surface area contributed by atoms with Gasteiger partial charge in [-0.3, -0.25) is 9.36 Å². The zero-order valence-electron chi connectivity index (χ0n) is 10.4. The highest BCUT2D eigenvalue weighted by Gasteiger charge is 2.23. The van der Waals surface area contributed by atoms with E-state index in [1.807, 2.05) is 0 Å². The van der Waals surface area contributed by atoms with Gasteiger partial charge in [0.2, 0.25) is 0 Å². The van der Waals surface area contributed by atoms with Crippen LogP contribution in [0.15, 0.2) is 0 Å². The highest BCUT2D eigenvalue weighted by Crippen LogP contribution is 2.41. The van der Waals surface area contributed by atoms with E-state index in [0.29, 0.717) is 6.54 Å². The third kappa shape index (κ3) is 8.32. The van der Waals surface area contributed by atoms with Gasteiger partial charge in [0.15, 0.2) is 0 Å². The maximum Gasteiger partial charge on any atom is 0.327 e. The number of rotatable bonds is 10.